The highest BCUT2D eigenvalue weighted by atomic mass is 79.9. The predicted molar refractivity (Wildman–Crippen MR) is 83.6 cm³/mol. The summed E-state index contributed by atoms with van der Waals surface area (Å²) >= 11 is 4.84. The van der Waals surface area contributed by atoms with Crippen LogP contribution in [0.5, 0.6) is 0 Å². The molecule has 0 radical (unpaired) electrons. The van der Waals surface area contributed by atoms with E-state index in [-0.39, 0.29) is 0 Å². The lowest BCUT2D eigenvalue weighted by molar-refractivity contribution is -0.137. The summed E-state index contributed by atoms with van der Waals surface area (Å²) in [6.45, 7) is 0. The van der Waals surface area contributed by atoms with E-state index in [1.54, 1.807) is 0 Å². The van der Waals surface area contributed by atoms with Crippen molar-refractivity contribution in [1.29, 1.82) is 0 Å². The molecular formula is C14H14BrNO3S. The molecule has 0 spiro atoms. The Hall–Kier alpha value is -1.24. The molecule has 0 bridgehead atoms. The maximum atomic E-state index is 10.6. The number of rotatable bonds is 6. The summed E-state index contributed by atoms with van der Waals surface area (Å²) in [4.78, 5) is 10.6. The lowest BCUT2D eigenvalue weighted by Crippen LogP contribution is -2.32. The lowest BCUT2D eigenvalue weighted by Gasteiger charge is -2.04. The van der Waals surface area contributed by atoms with Crippen molar-refractivity contribution >= 4 is 33.7 Å². The van der Waals surface area contributed by atoms with Gasteiger partial charge >= 0.3 is 5.97 Å². The molecule has 1 aromatic heterocycles. The molecule has 4 nitrogen and oxygen atoms in total. The zero-order valence-electron chi connectivity index (χ0n) is 10.6. The first-order valence-corrected chi connectivity index (χ1v) is 7.92. The van der Waals surface area contributed by atoms with E-state index >= 15 is 0 Å². The van der Waals surface area contributed by atoms with Gasteiger partial charge in [-0.05, 0) is 24.3 Å². The number of hydrogen-bond donors (Lipinski definition) is 2. The Bertz CT molecular complexity index is 582. The third kappa shape index (κ3) is 4.13. The van der Waals surface area contributed by atoms with E-state index in [1.165, 1.54) is 11.8 Å². The average molecular weight is 356 g/mol. The second kappa shape index (κ2) is 6.97. The van der Waals surface area contributed by atoms with E-state index in [4.69, 9.17) is 15.3 Å². The third-order valence-corrected chi connectivity index (χ3v) is 4.26. The molecule has 0 amide bonds. The van der Waals surface area contributed by atoms with E-state index in [1.807, 2.05) is 36.4 Å². The molecular weight excluding hydrogens is 342 g/mol. The maximum Gasteiger partial charge on any atom is 0.321 e. The zero-order chi connectivity index (χ0) is 14.5. The molecule has 1 heterocycles. The highest BCUT2D eigenvalue weighted by Gasteiger charge is 2.12. The smallest absolute Gasteiger partial charge is 0.321 e. The molecule has 2 aromatic rings. The number of halogens is 1. The van der Waals surface area contributed by atoms with Crippen molar-refractivity contribution in [2.24, 2.45) is 5.73 Å². The van der Waals surface area contributed by atoms with Crippen LogP contribution < -0.4 is 5.73 Å². The van der Waals surface area contributed by atoms with Gasteiger partial charge in [0.05, 0.1) is 5.75 Å². The standard InChI is InChI=1S/C14H14BrNO3S/c15-10-3-1-9(2-4-10)13-6-5-11(19-13)7-20-8-12(16)14(17)18/h1-6,12H,7-8,16H2,(H,17,18)/t12-/m0/s1. The Morgan fingerprint density at radius 2 is 2.00 bits per heavy atom. The van der Waals surface area contributed by atoms with E-state index < -0.39 is 12.0 Å². The van der Waals surface area contributed by atoms with Crippen LogP contribution in [0.2, 0.25) is 0 Å². The fourth-order valence-corrected chi connectivity index (χ4v) is 2.72. The van der Waals surface area contributed by atoms with Crippen molar-refractivity contribution in [3.63, 3.8) is 0 Å². The largest absolute Gasteiger partial charge is 0.480 e. The number of carboxylic acids is 1. The first-order valence-electron chi connectivity index (χ1n) is 5.97. The Morgan fingerprint density at radius 1 is 1.30 bits per heavy atom. The van der Waals surface area contributed by atoms with Crippen LogP contribution in [0, 0.1) is 0 Å². The van der Waals surface area contributed by atoms with Gasteiger partial charge in [0.1, 0.15) is 17.6 Å². The second-order valence-corrected chi connectivity index (χ2v) is 6.18. The minimum Gasteiger partial charge on any atom is -0.480 e. The van der Waals surface area contributed by atoms with E-state index in [0.717, 1.165) is 21.6 Å². The third-order valence-electron chi connectivity index (χ3n) is 2.65. The van der Waals surface area contributed by atoms with E-state index in [9.17, 15) is 4.79 Å². The fraction of sp³-hybridized carbons (Fsp3) is 0.214. The number of aliphatic carboxylic acids is 1. The quantitative estimate of drug-likeness (QED) is 0.830. The van der Waals surface area contributed by atoms with Gasteiger partial charge in [-0.2, -0.15) is 11.8 Å². The van der Waals surface area contributed by atoms with Crippen molar-refractivity contribution < 1.29 is 14.3 Å². The molecule has 20 heavy (non-hydrogen) atoms. The summed E-state index contributed by atoms with van der Waals surface area (Å²) in [5.74, 6) is 1.61. The summed E-state index contributed by atoms with van der Waals surface area (Å²) in [5.41, 5.74) is 6.44. The number of nitrogens with two attached hydrogens (primary N) is 1. The minimum atomic E-state index is -0.979. The van der Waals surface area contributed by atoms with Gasteiger partial charge in [0.15, 0.2) is 0 Å². The minimum absolute atomic E-state index is 0.365. The molecule has 0 aliphatic heterocycles. The molecule has 106 valence electrons. The van der Waals surface area contributed by atoms with Crippen LogP contribution in [-0.4, -0.2) is 22.9 Å². The number of carbonyl (C=O) groups is 1. The van der Waals surface area contributed by atoms with E-state index in [0.29, 0.717) is 11.5 Å². The number of furan rings is 1. The number of hydrogen-bond acceptors (Lipinski definition) is 4. The van der Waals surface area contributed by atoms with Crippen LogP contribution in [0.15, 0.2) is 45.3 Å². The van der Waals surface area contributed by atoms with Crippen LogP contribution in [0.25, 0.3) is 11.3 Å². The summed E-state index contributed by atoms with van der Waals surface area (Å²) in [7, 11) is 0. The van der Waals surface area contributed by atoms with Crippen LogP contribution in [0.3, 0.4) is 0 Å². The molecule has 0 saturated carbocycles. The molecule has 0 unspecified atom stereocenters. The molecule has 2 rings (SSSR count). The van der Waals surface area contributed by atoms with Crippen molar-refractivity contribution in [3.05, 3.63) is 46.6 Å². The van der Waals surface area contributed by atoms with Crippen LogP contribution >= 0.6 is 27.7 Å². The van der Waals surface area contributed by atoms with Crippen LogP contribution in [0.1, 0.15) is 5.76 Å². The summed E-state index contributed by atoms with van der Waals surface area (Å²) in [6.07, 6.45) is 0. The monoisotopic (exact) mass is 355 g/mol. The maximum absolute atomic E-state index is 10.6. The first kappa shape index (κ1) is 15.2. The molecule has 1 atom stereocenters. The molecule has 1 aromatic carbocycles. The Morgan fingerprint density at radius 3 is 2.65 bits per heavy atom. The normalized spacial score (nSPS) is 12.3. The molecule has 0 saturated heterocycles. The predicted octanol–water partition coefficient (Wildman–Crippen LogP) is 3.35. The zero-order valence-corrected chi connectivity index (χ0v) is 13.0. The summed E-state index contributed by atoms with van der Waals surface area (Å²) < 4.78 is 6.75. The van der Waals surface area contributed by atoms with Crippen molar-refractivity contribution in [3.8, 4) is 11.3 Å². The van der Waals surface area contributed by atoms with E-state index in [2.05, 4.69) is 15.9 Å². The molecule has 0 aliphatic carbocycles. The van der Waals surface area contributed by atoms with Crippen LogP contribution in [0.4, 0.5) is 0 Å². The highest BCUT2D eigenvalue weighted by molar-refractivity contribution is 9.10. The summed E-state index contributed by atoms with van der Waals surface area (Å²) in [5, 5.41) is 8.69. The highest BCUT2D eigenvalue weighted by Crippen LogP contribution is 2.25. The molecule has 0 aliphatic rings. The molecule has 3 N–H and O–H groups in total. The van der Waals surface area contributed by atoms with Gasteiger partial charge in [-0.1, -0.05) is 28.1 Å². The van der Waals surface area contributed by atoms with Crippen molar-refractivity contribution in [1.82, 2.24) is 0 Å². The molecule has 0 fully saturated rings. The van der Waals surface area contributed by atoms with Gasteiger partial charge in [0, 0.05) is 15.8 Å². The summed E-state index contributed by atoms with van der Waals surface area (Å²) in [6, 6.07) is 10.8. The van der Waals surface area contributed by atoms with Gasteiger partial charge in [-0.15, -0.1) is 0 Å². The van der Waals surface area contributed by atoms with Crippen molar-refractivity contribution in [2.45, 2.75) is 11.8 Å². The number of carboxylic acid groups (broad SMARTS) is 1. The average Bonchev–Trinajstić information content (AvgIpc) is 2.88. The van der Waals surface area contributed by atoms with Gasteiger partial charge in [-0.25, -0.2) is 0 Å². The Labute approximate surface area is 129 Å². The lowest BCUT2D eigenvalue weighted by atomic mass is 10.2. The van der Waals surface area contributed by atoms with Gasteiger partial charge in [0.25, 0.3) is 0 Å². The van der Waals surface area contributed by atoms with Gasteiger partial charge < -0.3 is 15.3 Å². The topological polar surface area (TPSA) is 76.5 Å². The SMILES string of the molecule is N[C@@H](CSCc1ccc(-c2ccc(Br)cc2)o1)C(=O)O. The molecule has 6 heteroatoms. The van der Waals surface area contributed by atoms with Crippen molar-refractivity contribution in [2.75, 3.05) is 5.75 Å². The van der Waals surface area contributed by atoms with Gasteiger partial charge in [-0.3, -0.25) is 4.79 Å². The van der Waals surface area contributed by atoms with Crippen LogP contribution in [-0.2, 0) is 10.5 Å². The second-order valence-electron chi connectivity index (χ2n) is 4.23. The first-order chi connectivity index (χ1) is 9.56. The van der Waals surface area contributed by atoms with Gasteiger partial charge in [0.2, 0.25) is 0 Å². The Balaban J connectivity index is 1.92. The fourth-order valence-electron chi connectivity index (χ4n) is 1.58. The Kier molecular flexibility index (Phi) is 5.28. The number of benzene rings is 1. The number of thioether (sulfide) groups is 1.